The second-order valence-electron chi connectivity index (χ2n) is 5.61. The van der Waals surface area contributed by atoms with Gasteiger partial charge in [0.05, 0.1) is 11.1 Å². The first-order valence-electron chi connectivity index (χ1n) is 8.15. The lowest BCUT2D eigenvalue weighted by molar-refractivity contribution is -0.123. The molecule has 0 unspecified atom stereocenters. The highest BCUT2D eigenvalue weighted by Crippen LogP contribution is 2.08. The lowest BCUT2D eigenvalue weighted by Crippen LogP contribution is -2.53. The van der Waals surface area contributed by atoms with E-state index in [9.17, 15) is 14.4 Å². The van der Waals surface area contributed by atoms with Crippen LogP contribution in [0.25, 0.3) is 0 Å². The second-order valence-corrected chi connectivity index (χ2v) is 6.56. The topological polar surface area (TPSA) is 100 Å². The largest absolute Gasteiger partial charge is 0.459 e. The van der Waals surface area contributed by atoms with Crippen LogP contribution in [-0.4, -0.2) is 23.8 Å². The van der Waals surface area contributed by atoms with Crippen molar-refractivity contribution in [2.45, 2.75) is 12.5 Å². The maximum absolute atomic E-state index is 12.6. The van der Waals surface area contributed by atoms with Gasteiger partial charge in [0.15, 0.2) is 5.76 Å². The van der Waals surface area contributed by atoms with Crippen LogP contribution in [0.5, 0.6) is 0 Å². The molecule has 3 rings (SSSR count). The van der Waals surface area contributed by atoms with E-state index in [1.54, 1.807) is 23.6 Å². The molecule has 0 aliphatic heterocycles. The van der Waals surface area contributed by atoms with Gasteiger partial charge >= 0.3 is 0 Å². The van der Waals surface area contributed by atoms with Crippen LogP contribution in [-0.2, 0) is 11.2 Å². The molecule has 138 valence electrons. The maximum atomic E-state index is 12.6. The minimum atomic E-state index is -0.895. The van der Waals surface area contributed by atoms with Crippen molar-refractivity contribution in [1.82, 2.24) is 16.2 Å². The summed E-state index contributed by atoms with van der Waals surface area (Å²) in [7, 11) is 0. The number of furan rings is 1. The van der Waals surface area contributed by atoms with Crippen molar-refractivity contribution < 1.29 is 18.8 Å². The van der Waals surface area contributed by atoms with Gasteiger partial charge in [-0.15, -0.1) is 11.3 Å². The van der Waals surface area contributed by atoms with Gasteiger partial charge in [-0.25, -0.2) is 0 Å². The van der Waals surface area contributed by atoms with Gasteiger partial charge in [0.25, 0.3) is 17.7 Å². The third-order valence-corrected chi connectivity index (χ3v) is 4.56. The minimum absolute atomic E-state index is 0.100. The highest BCUT2D eigenvalue weighted by atomic mass is 32.1. The van der Waals surface area contributed by atoms with Crippen LogP contribution in [0.2, 0.25) is 0 Å². The number of rotatable bonds is 6. The van der Waals surface area contributed by atoms with E-state index in [-0.39, 0.29) is 12.2 Å². The molecule has 0 aliphatic rings. The van der Waals surface area contributed by atoms with Gasteiger partial charge in [-0.2, -0.15) is 0 Å². The molecule has 27 heavy (non-hydrogen) atoms. The average molecular weight is 383 g/mol. The second kappa shape index (κ2) is 8.81. The summed E-state index contributed by atoms with van der Waals surface area (Å²) in [4.78, 5) is 37.3. The molecule has 0 saturated heterocycles. The SMILES string of the molecule is O=C(N[C@@H](Cc1ccccc1)C(=O)NNC(=O)c1cccs1)c1ccco1. The van der Waals surface area contributed by atoms with Crippen molar-refractivity contribution in [1.29, 1.82) is 0 Å². The fourth-order valence-corrected chi connectivity index (χ4v) is 2.99. The molecule has 7 nitrogen and oxygen atoms in total. The fourth-order valence-electron chi connectivity index (χ4n) is 2.37. The smallest absolute Gasteiger partial charge is 0.287 e. The van der Waals surface area contributed by atoms with Gasteiger partial charge in [-0.1, -0.05) is 36.4 Å². The van der Waals surface area contributed by atoms with Crippen molar-refractivity contribution in [3.63, 3.8) is 0 Å². The molecule has 3 aromatic rings. The number of hydrazine groups is 1. The molecule has 2 heterocycles. The summed E-state index contributed by atoms with van der Waals surface area (Å²) in [5.41, 5.74) is 5.58. The summed E-state index contributed by atoms with van der Waals surface area (Å²) in [6.45, 7) is 0. The van der Waals surface area contributed by atoms with Crippen molar-refractivity contribution in [2.24, 2.45) is 0 Å². The van der Waals surface area contributed by atoms with Crippen LogP contribution in [0.3, 0.4) is 0 Å². The lowest BCUT2D eigenvalue weighted by atomic mass is 10.1. The van der Waals surface area contributed by atoms with E-state index in [1.807, 2.05) is 30.3 Å². The summed E-state index contributed by atoms with van der Waals surface area (Å²) >= 11 is 1.26. The third kappa shape index (κ3) is 5.05. The van der Waals surface area contributed by atoms with Gasteiger partial charge < -0.3 is 9.73 Å². The van der Waals surface area contributed by atoms with Gasteiger partial charge in [0.2, 0.25) is 0 Å². The average Bonchev–Trinajstić information content (AvgIpc) is 3.40. The predicted molar refractivity (Wildman–Crippen MR) is 100 cm³/mol. The number of hydrogen-bond acceptors (Lipinski definition) is 5. The lowest BCUT2D eigenvalue weighted by Gasteiger charge is -2.18. The quantitative estimate of drug-likeness (QED) is 0.568. The normalized spacial score (nSPS) is 11.4. The number of carbonyl (C=O) groups excluding carboxylic acids is 3. The Hall–Kier alpha value is -3.39. The van der Waals surface area contributed by atoms with Gasteiger partial charge in [-0.05, 0) is 29.1 Å². The van der Waals surface area contributed by atoms with E-state index in [0.29, 0.717) is 4.88 Å². The van der Waals surface area contributed by atoms with Crippen LogP contribution in [0.15, 0.2) is 70.7 Å². The monoisotopic (exact) mass is 383 g/mol. The Labute approximate surface area is 159 Å². The molecule has 0 saturated carbocycles. The Balaban J connectivity index is 1.67. The van der Waals surface area contributed by atoms with E-state index in [0.717, 1.165) is 5.56 Å². The van der Waals surface area contributed by atoms with Gasteiger partial charge in [0.1, 0.15) is 6.04 Å². The molecule has 2 aromatic heterocycles. The predicted octanol–water partition coefficient (Wildman–Crippen LogP) is 2.14. The zero-order chi connectivity index (χ0) is 19.1. The van der Waals surface area contributed by atoms with Crippen LogP contribution in [0.1, 0.15) is 25.8 Å². The number of amides is 3. The maximum Gasteiger partial charge on any atom is 0.287 e. The molecule has 1 atom stereocenters. The summed E-state index contributed by atoms with van der Waals surface area (Å²) < 4.78 is 5.06. The van der Waals surface area contributed by atoms with Crippen LogP contribution >= 0.6 is 11.3 Å². The summed E-state index contributed by atoms with van der Waals surface area (Å²) in [5, 5.41) is 4.40. The van der Waals surface area contributed by atoms with Gasteiger partial charge in [0, 0.05) is 6.42 Å². The summed E-state index contributed by atoms with van der Waals surface area (Å²) in [6, 6.07) is 14.8. The van der Waals surface area contributed by atoms with E-state index in [2.05, 4.69) is 16.2 Å². The Morgan fingerprint density at radius 2 is 1.74 bits per heavy atom. The first kappa shape index (κ1) is 18.4. The number of carbonyl (C=O) groups is 3. The highest BCUT2D eigenvalue weighted by Gasteiger charge is 2.23. The molecule has 0 aliphatic carbocycles. The van der Waals surface area contributed by atoms with Crippen LogP contribution < -0.4 is 16.2 Å². The van der Waals surface area contributed by atoms with Crippen molar-refractivity contribution >= 4 is 29.1 Å². The standard InChI is InChI=1S/C19H17N3O4S/c23-17(21-22-19(25)16-9-5-11-27-16)14(12-13-6-2-1-3-7-13)20-18(24)15-8-4-10-26-15/h1-11,14H,12H2,(H,20,24)(H,21,23)(H,22,25)/t14-/m0/s1. The van der Waals surface area contributed by atoms with E-state index in [4.69, 9.17) is 4.42 Å². The van der Waals surface area contributed by atoms with Crippen LogP contribution in [0, 0.1) is 0 Å². The molecule has 0 radical (unpaired) electrons. The first-order valence-corrected chi connectivity index (χ1v) is 9.03. The summed E-state index contributed by atoms with van der Waals surface area (Å²) in [5.74, 6) is -1.37. The first-order chi connectivity index (χ1) is 13.1. The molecule has 0 bridgehead atoms. The van der Waals surface area contributed by atoms with Crippen molar-refractivity contribution in [2.75, 3.05) is 0 Å². The fraction of sp³-hybridized carbons (Fsp3) is 0.105. The Bertz CT molecular complexity index is 892. The third-order valence-electron chi connectivity index (χ3n) is 3.69. The van der Waals surface area contributed by atoms with Crippen LogP contribution in [0.4, 0.5) is 0 Å². The molecule has 0 spiro atoms. The molecular weight excluding hydrogens is 366 g/mol. The van der Waals surface area contributed by atoms with Gasteiger partial charge in [-0.3, -0.25) is 25.2 Å². The van der Waals surface area contributed by atoms with E-state index < -0.39 is 23.8 Å². The zero-order valence-electron chi connectivity index (χ0n) is 14.2. The molecule has 3 N–H and O–H groups in total. The Morgan fingerprint density at radius 1 is 0.926 bits per heavy atom. The molecule has 0 fully saturated rings. The molecule has 3 amide bonds. The van der Waals surface area contributed by atoms with Crippen molar-refractivity contribution in [3.05, 3.63) is 82.4 Å². The number of thiophene rings is 1. The number of nitrogens with one attached hydrogen (secondary N) is 3. The van der Waals surface area contributed by atoms with E-state index in [1.165, 1.54) is 23.7 Å². The van der Waals surface area contributed by atoms with E-state index >= 15 is 0 Å². The number of benzene rings is 1. The summed E-state index contributed by atoms with van der Waals surface area (Å²) in [6.07, 6.45) is 1.64. The molecular formula is C19H17N3O4S. The minimum Gasteiger partial charge on any atom is -0.459 e. The molecule has 1 aromatic carbocycles. The Kier molecular flexibility index (Phi) is 6.01. The van der Waals surface area contributed by atoms with Crippen molar-refractivity contribution in [3.8, 4) is 0 Å². The number of hydrogen-bond donors (Lipinski definition) is 3. The highest BCUT2D eigenvalue weighted by molar-refractivity contribution is 7.12. The molecule has 8 heteroatoms. The zero-order valence-corrected chi connectivity index (χ0v) is 15.0. The Morgan fingerprint density at radius 3 is 2.41 bits per heavy atom.